The van der Waals surface area contributed by atoms with Gasteiger partial charge in [-0.05, 0) is 122 Å². The fourth-order valence-corrected chi connectivity index (χ4v) is 10.8. The highest BCUT2D eigenvalue weighted by Gasteiger charge is 2.22. The first-order chi connectivity index (χ1) is 47.6. The molecule has 9 heteroatoms. The number of allylic oxidation sites excluding steroid dienone is 26. The molecule has 0 aliphatic carbocycles. The minimum absolute atomic E-state index is 0.142. The molecule has 0 spiro atoms. The molecule has 552 valence electrons. The molecule has 0 N–H and O–H groups in total. The average molecular weight is 1350 g/mol. The lowest BCUT2D eigenvalue weighted by molar-refractivity contribution is -0.870. The number of aliphatic carboxylic acids is 1. The minimum Gasteiger partial charge on any atom is -0.545 e. The van der Waals surface area contributed by atoms with Gasteiger partial charge in [0.2, 0.25) is 0 Å². The van der Waals surface area contributed by atoms with Crippen molar-refractivity contribution in [2.75, 3.05) is 47.5 Å². The van der Waals surface area contributed by atoms with E-state index in [0.29, 0.717) is 17.4 Å². The lowest BCUT2D eigenvalue weighted by atomic mass is 10.0. The zero-order valence-corrected chi connectivity index (χ0v) is 63.1. The number of quaternary nitrogens is 1. The molecule has 0 aromatic rings. The molecule has 2 atom stereocenters. The van der Waals surface area contributed by atoms with Crippen molar-refractivity contribution in [2.24, 2.45) is 0 Å². The number of unbranched alkanes of at least 4 members (excludes halogenated alkanes) is 31. The Balaban J connectivity index is 4.07. The summed E-state index contributed by atoms with van der Waals surface area (Å²) in [5.41, 5.74) is 0. The van der Waals surface area contributed by atoms with Crippen LogP contribution in [0.3, 0.4) is 0 Å². The minimum atomic E-state index is -1.63. The van der Waals surface area contributed by atoms with E-state index in [0.717, 1.165) is 122 Å². The Hall–Kier alpha value is -5.09. The normalized spacial score (nSPS) is 13.5. The van der Waals surface area contributed by atoms with Crippen LogP contribution in [0.15, 0.2) is 158 Å². The van der Waals surface area contributed by atoms with Crippen LogP contribution < -0.4 is 5.11 Å². The van der Waals surface area contributed by atoms with E-state index in [1.807, 2.05) is 21.1 Å². The summed E-state index contributed by atoms with van der Waals surface area (Å²) in [5, 5.41) is 11.9. The van der Waals surface area contributed by atoms with Gasteiger partial charge in [-0.3, -0.25) is 9.59 Å². The van der Waals surface area contributed by atoms with Crippen molar-refractivity contribution in [3.05, 3.63) is 158 Å². The monoisotopic (exact) mass is 1350 g/mol. The Morgan fingerprint density at radius 2 is 0.557 bits per heavy atom. The summed E-state index contributed by atoms with van der Waals surface area (Å²) < 4.78 is 22.9. The molecular weight excluding hydrogens is 1200 g/mol. The van der Waals surface area contributed by atoms with Gasteiger partial charge in [0.25, 0.3) is 0 Å². The Bertz CT molecular complexity index is 2160. The molecule has 0 radical (unpaired) electrons. The highest BCUT2D eigenvalue weighted by Crippen LogP contribution is 2.18. The van der Waals surface area contributed by atoms with Gasteiger partial charge in [-0.1, -0.05) is 345 Å². The number of carboxylic acids is 1. The quantitative estimate of drug-likeness (QED) is 0.0195. The van der Waals surface area contributed by atoms with Gasteiger partial charge >= 0.3 is 11.9 Å². The molecule has 0 aromatic heterocycles. The van der Waals surface area contributed by atoms with Crippen molar-refractivity contribution in [1.82, 2.24) is 0 Å². The molecule has 0 amide bonds. The predicted molar refractivity (Wildman–Crippen MR) is 416 cm³/mol. The van der Waals surface area contributed by atoms with Crippen molar-refractivity contribution in [3.8, 4) is 0 Å². The van der Waals surface area contributed by atoms with E-state index >= 15 is 0 Å². The molecular formula is C88H147NO8. The zero-order chi connectivity index (χ0) is 70.4. The van der Waals surface area contributed by atoms with E-state index < -0.39 is 24.3 Å². The molecule has 0 aliphatic rings. The molecule has 97 heavy (non-hydrogen) atoms. The van der Waals surface area contributed by atoms with Gasteiger partial charge in [0, 0.05) is 12.8 Å². The lowest BCUT2D eigenvalue weighted by Gasteiger charge is -2.26. The van der Waals surface area contributed by atoms with Crippen molar-refractivity contribution in [2.45, 2.75) is 334 Å². The third kappa shape index (κ3) is 78.1. The number of rotatable bonds is 72. The number of nitrogens with zero attached hydrogens (tertiary/aromatic N) is 1. The summed E-state index contributed by atoms with van der Waals surface area (Å²) >= 11 is 0. The maximum atomic E-state index is 13.0. The van der Waals surface area contributed by atoms with Crippen LogP contribution in [0, 0.1) is 0 Å². The Labute approximate surface area is 597 Å². The summed E-state index contributed by atoms with van der Waals surface area (Å²) in [6.07, 6.45) is 111. The summed E-state index contributed by atoms with van der Waals surface area (Å²) in [7, 11) is 5.93. The third-order valence-corrected chi connectivity index (χ3v) is 16.8. The van der Waals surface area contributed by atoms with Gasteiger partial charge in [-0.15, -0.1) is 0 Å². The van der Waals surface area contributed by atoms with E-state index in [4.69, 9.17) is 18.9 Å². The Morgan fingerprint density at radius 3 is 0.825 bits per heavy atom. The Morgan fingerprint density at radius 1 is 0.309 bits per heavy atom. The number of carboxylic acid groups (broad SMARTS) is 1. The second-order valence-electron chi connectivity index (χ2n) is 27.2. The molecule has 0 saturated heterocycles. The van der Waals surface area contributed by atoms with Gasteiger partial charge in [-0.2, -0.15) is 0 Å². The zero-order valence-electron chi connectivity index (χ0n) is 63.1. The van der Waals surface area contributed by atoms with E-state index in [9.17, 15) is 19.5 Å². The molecule has 2 unspecified atom stereocenters. The fraction of sp³-hybridized carbons (Fsp3) is 0.670. The predicted octanol–water partition coefficient (Wildman–Crippen LogP) is 24.3. The number of hydrogen-bond acceptors (Lipinski definition) is 8. The maximum absolute atomic E-state index is 13.0. The molecule has 0 aromatic carbocycles. The van der Waals surface area contributed by atoms with E-state index in [2.05, 4.69) is 172 Å². The number of carbonyl (C=O) groups excluding carboxylic acids is 3. The number of esters is 2. The number of likely N-dealkylation sites (N-methyl/N-ethyl adjacent to an activating group) is 1. The molecule has 0 rings (SSSR count). The van der Waals surface area contributed by atoms with Gasteiger partial charge in [0.1, 0.15) is 13.2 Å². The first-order valence-electron chi connectivity index (χ1n) is 39.6. The maximum Gasteiger partial charge on any atom is 0.306 e. The SMILES string of the molecule is CC/C=C\C/C=C\C/C=C\C/C=C\C/C=C\C/C=C\C/C=C\C/C=C\CCCCCCCCCCCCCCC(=O)OC(COC(=O)CCCCCCCCCCCCCCCCCCCCC/C=C\C/C=C\C/C=C\C/C=C\C/C=C\CC)COC(OCC[N+](C)(C)C)C(=O)[O-]. The van der Waals surface area contributed by atoms with Crippen LogP contribution >= 0.6 is 0 Å². The highest BCUT2D eigenvalue weighted by atomic mass is 16.7. The van der Waals surface area contributed by atoms with E-state index in [-0.39, 0.29) is 38.6 Å². The lowest BCUT2D eigenvalue weighted by Crippen LogP contribution is -2.44. The van der Waals surface area contributed by atoms with Gasteiger partial charge in [-0.25, -0.2) is 0 Å². The molecule has 0 heterocycles. The van der Waals surface area contributed by atoms with Crippen LogP contribution in [0.1, 0.15) is 322 Å². The van der Waals surface area contributed by atoms with E-state index in [1.165, 1.54) is 167 Å². The summed E-state index contributed by atoms with van der Waals surface area (Å²) in [6, 6.07) is 0. The highest BCUT2D eigenvalue weighted by molar-refractivity contribution is 5.70. The van der Waals surface area contributed by atoms with Crippen molar-refractivity contribution in [3.63, 3.8) is 0 Å². The molecule has 9 nitrogen and oxygen atoms in total. The summed E-state index contributed by atoms with van der Waals surface area (Å²) in [6.45, 7) is 4.54. The summed E-state index contributed by atoms with van der Waals surface area (Å²) in [4.78, 5) is 37.6. The van der Waals surface area contributed by atoms with Gasteiger partial charge < -0.3 is 33.3 Å². The Kier molecular flexibility index (Phi) is 72.6. The van der Waals surface area contributed by atoms with Crippen LogP contribution in [-0.2, 0) is 33.3 Å². The van der Waals surface area contributed by atoms with Gasteiger partial charge in [0.15, 0.2) is 12.4 Å². The molecule has 0 fully saturated rings. The standard InChI is InChI=1S/C88H147NO8/c1-6-8-10-12-14-16-18-20-22-24-26-28-30-32-34-36-38-40-42-43-45-47-49-51-53-55-57-59-61-63-65-67-69-71-73-75-77-79-86(91)97-84(83-96-88(87(92)93)94-81-80-89(3,4)5)82-95-85(90)78-76-74-72-70-68-66-64-62-60-58-56-54-52-50-48-46-44-41-39-37-35-33-31-29-27-25-23-21-19-17-15-13-11-9-7-2/h8-11,14-17,20-23,26-29,32-35,38,40,43,45,49,51,84,88H,6-7,12-13,18-19,24-25,30-31,36-37,39,41-42,44,46-48,50,52-83H2,1-5H3/b10-8-,11-9-,16-14-,17-15-,22-20-,23-21-,28-26-,29-27-,34-32-,35-33-,40-38-,45-43-,51-49-. The number of carbonyl (C=O) groups is 3. The summed E-state index contributed by atoms with van der Waals surface area (Å²) in [5.74, 6) is -2.28. The van der Waals surface area contributed by atoms with Crippen LogP contribution in [0.25, 0.3) is 0 Å². The number of hydrogen-bond donors (Lipinski definition) is 0. The van der Waals surface area contributed by atoms with Crippen LogP contribution in [-0.4, -0.2) is 82.3 Å². The van der Waals surface area contributed by atoms with Crippen molar-refractivity contribution >= 4 is 17.9 Å². The fourth-order valence-electron chi connectivity index (χ4n) is 10.8. The van der Waals surface area contributed by atoms with Gasteiger partial charge in [0.05, 0.1) is 40.3 Å². The largest absolute Gasteiger partial charge is 0.545 e. The first-order valence-corrected chi connectivity index (χ1v) is 39.6. The van der Waals surface area contributed by atoms with E-state index in [1.54, 1.807) is 0 Å². The van der Waals surface area contributed by atoms with Crippen LogP contribution in [0.4, 0.5) is 0 Å². The number of ether oxygens (including phenoxy) is 4. The second-order valence-corrected chi connectivity index (χ2v) is 27.2. The third-order valence-electron chi connectivity index (χ3n) is 16.8. The first kappa shape index (κ1) is 91.9. The molecule has 0 aliphatic heterocycles. The second kappa shape index (κ2) is 76.7. The molecule has 0 bridgehead atoms. The van der Waals surface area contributed by atoms with Crippen molar-refractivity contribution < 1.29 is 42.9 Å². The van der Waals surface area contributed by atoms with Crippen molar-refractivity contribution in [1.29, 1.82) is 0 Å². The smallest absolute Gasteiger partial charge is 0.306 e. The molecule has 0 saturated carbocycles. The topological polar surface area (TPSA) is 111 Å². The average Bonchev–Trinajstić information content (AvgIpc) is 3.11. The van der Waals surface area contributed by atoms with Crippen LogP contribution in [0.2, 0.25) is 0 Å². The van der Waals surface area contributed by atoms with Crippen LogP contribution in [0.5, 0.6) is 0 Å².